The van der Waals surface area contributed by atoms with Crippen LogP contribution in [0.15, 0.2) is 0 Å². The number of thiocarbonyl (C=S) groups is 1. The maximum absolute atomic E-state index is 9.23. The molecule has 4 heteroatoms. The molecular formula is C13H26N2OS. The summed E-state index contributed by atoms with van der Waals surface area (Å²) in [5.41, 5.74) is 5.68. The highest BCUT2D eigenvalue weighted by molar-refractivity contribution is 7.80. The normalized spacial score (nSPS) is 24.8. The first-order valence-electron chi connectivity index (χ1n) is 6.48. The molecular weight excluding hydrogens is 232 g/mol. The van der Waals surface area contributed by atoms with Crippen molar-refractivity contribution >= 4 is 17.2 Å². The first kappa shape index (κ1) is 14.9. The van der Waals surface area contributed by atoms with Crippen LogP contribution in [0.25, 0.3) is 0 Å². The second-order valence-corrected chi connectivity index (χ2v) is 6.55. The Bertz CT molecular complexity index is 262. The Hall–Kier alpha value is -0.190. The zero-order valence-electron chi connectivity index (χ0n) is 11.3. The van der Waals surface area contributed by atoms with Gasteiger partial charge in [0.15, 0.2) is 0 Å². The minimum Gasteiger partial charge on any atom is -0.393 e. The number of hydrogen-bond donors (Lipinski definition) is 2. The summed E-state index contributed by atoms with van der Waals surface area (Å²) in [6, 6.07) is 0. The number of hydrogen-bond acceptors (Lipinski definition) is 3. The topological polar surface area (TPSA) is 49.5 Å². The lowest BCUT2D eigenvalue weighted by Gasteiger charge is -2.34. The van der Waals surface area contributed by atoms with E-state index < -0.39 is 0 Å². The van der Waals surface area contributed by atoms with Crippen molar-refractivity contribution in [2.75, 3.05) is 20.1 Å². The number of aliphatic hydroxyl groups excluding tert-OH is 1. The van der Waals surface area contributed by atoms with Gasteiger partial charge in [-0.05, 0) is 45.2 Å². The molecule has 0 atom stereocenters. The number of aliphatic hydroxyl groups is 1. The fraction of sp³-hybridized carbons (Fsp3) is 0.923. The third kappa shape index (κ3) is 4.90. The SMILES string of the molecule is CN(CCCC(C)(C)C(N)=S)CC1CC(O)C1. The van der Waals surface area contributed by atoms with Crippen molar-refractivity contribution in [1.29, 1.82) is 0 Å². The highest BCUT2D eigenvalue weighted by Gasteiger charge is 2.28. The van der Waals surface area contributed by atoms with Crippen LogP contribution in [0, 0.1) is 11.3 Å². The van der Waals surface area contributed by atoms with Crippen molar-refractivity contribution in [2.24, 2.45) is 17.1 Å². The van der Waals surface area contributed by atoms with Gasteiger partial charge in [-0.1, -0.05) is 26.1 Å². The van der Waals surface area contributed by atoms with E-state index in [1.54, 1.807) is 0 Å². The Morgan fingerprint density at radius 2 is 2.06 bits per heavy atom. The van der Waals surface area contributed by atoms with Gasteiger partial charge in [0.2, 0.25) is 0 Å². The van der Waals surface area contributed by atoms with Gasteiger partial charge in [-0.25, -0.2) is 0 Å². The van der Waals surface area contributed by atoms with Crippen LogP contribution >= 0.6 is 12.2 Å². The molecule has 100 valence electrons. The number of nitrogens with two attached hydrogens (primary N) is 1. The summed E-state index contributed by atoms with van der Waals surface area (Å²) in [6.45, 7) is 6.40. The lowest BCUT2D eigenvalue weighted by Crippen LogP contribution is -2.37. The molecule has 0 aromatic carbocycles. The summed E-state index contributed by atoms with van der Waals surface area (Å²) < 4.78 is 0. The molecule has 1 aliphatic rings. The quantitative estimate of drug-likeness (QED) is 0.684. The highest BCUT2D eigenvalue weighted by atomic mass is 32.1. The van der Waals surface area contributed by atoms with Gasteiger partial charge in [0.1, 0.15) is 0 Å². The summed E-state index contributed by atoms with van der Waals surface area (Å²) >= 11 is 5.06. The molecule has 3 nitrogen and oxygen atoms in total. The molecule has 1 rings (SSSR count). The highest BCUT2D eigenvalue weighted by Crippen LogP contribution is 2.28. The Morgan fingerprint density at radius 1 is 1.47 bits per heavy atom. The van der Waals surface area contributed by atoms with E-state index >= 15 is 0 Å². The summed E-state index contributed by atoms with van der Waals surface area (Å²) in [6.07, 6.45) is 4.07. The Balaban J connectivity index is 2.11. The van der Waals surface area contributed by atoms with Gasteiger partial charge in [0.05, 0.1) is 11.1 Å². The van der Waals surface area contributed by atoms with Gasteiger partial charge in [-0.3, -0.25) is 0 Å². The molecule has 3 N–H and O–H groups in total. The van der Waals surface area contributed by atoms with Crippen molar-refractivity contribution in [3.8, 4) is 0 Å². The maximum atomic E-state index is 9.23. The van der Waals surface area contributed by atoms with Crippen molar-refractivity contribution in [1.82, 2.24) is 4.90 Å². The summed E-state index contributed by atoms with van der Waals surface area (Å²) in [5.74, 6) is 0.693. The third-order valence-electron chi connectivity index (χ3n) is 3.79. The van der Waals surface area contributed by atoms with Crippen LogP contribution in [0.3, 0.4) is 0 Å². The summed E-state index contributed by atoms with van der Waals surface area (Å²) in [5, 5.41) is 9.23. The molecule has 0 unspecified atom stereocenters. The van der Waals surface area contributed by atoms with Crippen LogP contribution in [-0.2, 0) is 0 Å². The second-order valence-electron chi connectivity index (χ2n) is 6.11. The largest absolute Gasteiger partial charge is 0.393 e. The minimum atomic E-state index is -0.0399. The summed E-state index contributed by atoms with van der Waals surface area (Å²) in [7, 11) is 2.15. The molecule has 1 aliphatic carbocycles. The van der Waals surface area contributed by atoms with Crippen molar-refractivity contribution in [3.63, 3.8) is 0 Å². The van der Waals surface area contributed by atoms with E-state index in [2.05, 4.69) is 25.8 Å². The fourth-order valence-electron chi connectivity index (χ4n) is 2.30. The minimum absolute atomic E-state index is 0.0250. The Morgan fingerprint density at radius 3 is 2.53 bits per heavy atom. The Labute approximate surface area is 110 Å². The van der Waals surface area contributed by atoms with E-state index in [-0.39, 0.29) is 11.5 Å². The van der Waals surface area contributed by atoms with E-state index in [4.69, 9.17) is 18.0 Å². The van der Waals surface area contributed by atoms with Crippen LogP contribution in [0.5, 0.6) is 0 Å². The van der Waals surface area contributed by atoms with Crippen molar-refractivity contribution in [2.45, 2.75) is 45.6 Å². The van der Waals surface area contributed by atoms with Crippen LogP contribution in [-0.4, -0.2) is 41.2 Å². The fourth-order valence-corrected chi connectivity index (χ4v) is 2.40. The van der Waals surface area contributed by atoms with E-state index in [9.17, 15) is 5.11 Å². The van der Waals surface area contributed by atoms with Gasteiger partial charge in [-0.2, -0.15) is 0 Å². The lowest BCUT2D eigenvalue weighted by atomic mass is 9.82. The zero-order valence-corrected chi connectivity index (χ0v) is 12.1. The van der Waals surface area contributed by atoms with Crippen molar-refractivity contribution < 1.29 is 5.11 Å². The molecule has 0 saturated heterocycles. The molecule has 0 amide bonds. The van der Waals surface area contributed by atoms with Crippen molar-refractivity contribution in [3.05, 3.63) is 0 Å². The van der Waals surface area contributed by atoms with Gasteiger partial charge in [0, 0.05) is 12.0 Å². The lowest BCUT2D eigenvalue weighted by molar-refractivity contribution is 0.0280. The number of nitrogens with zero attached hydrogens (tertiary/aromatic N) is 1. The molecule has 0 aliphatic heterocycles. The molecule has 0 spiro atoms. The van der Waals surface area contributed by atoms with Gasteiger partial charge >= 0.3 is 0 Å². The molecule has 1 saturated carbocycles. The third-order valence-corrected chi connectivity index (χ3v) is 4.34. The van der Waals surface area contributed by atoms with E-state index in [1.807, 2.05) is 0 Å². The van der Waals surface area contributed by atoms with Gasteiger partial charge in [0.25, 0.3) is 0 Å². The van der Waals surface area contributed by atoms with Gasteiger partial charge in [-0.15, -0.1) is 0 Å². The standard InChI is InChI=1S/C13H26N2OS/c1-13(2,12(14)17)5-4-6-15(3)9-10-7-11(16)8-10/h10-11,16H,4-9H2,1-3H3,(H2,14,17). The van der Waals surface area contributed by atoms with Crippen LogP contribution in [0.4, 0.5) is 0 Å². The van der Waals surface area contributed by atoms with E-state index in [1.165, 1.54) is 0 Å². The van der Waals surface area contributed by atoms with E-state index in [0.717, 1.165) is 38.8 Å². The second kappa shape index (κ2) is 6.12. The molecule has 17 heavy (non-hydrogen) atoms. The summed E-state index contributed by atoms with van der Waals surface area (Å²) in [4.78, 5) is 2.97. The molecule has 0 aromatic rings. The predicted octanol–water partition coefficient (Wildman–Crippen LogP) is 1.78. The van der Waals surface area contributed by atoms with Crippen LogP contribution < -0.4 is 5.73 Å². The number of rotatable bonds is 7. The van der Waals surface area contributed by atoms with Crippen LogP contribution in [0.1, 0.15) is 39.5 Å². The smallest absolute Gasteiger partial charge is 0.0784 e. The van der Waals surface area contributed by atoms with Crippen LogP contribution in [0.2, 0.25) is 0 Å². The molecule has 0 heterocycles. The first-order valence-corrected chi connectivity index (χ1v) is 6.88. The zero-order chi connectivity index (χ0) is 13.1. The first-order chi connectivity index (χ1) is 7.81. The molecule has 0 bridgehead atoms. The predicted molar refractivity (Wildman–Crippen MR) is 76.0 cm³/mol. The molecule has 1 fully saturated rings. The Kier molecular flexibility index (Phi) is 5.35. The molecule has 0 aromatic heterocycles. The average Bonchev–Trinajstić information content (AvgIpc) is 2.14. The van der Waals surface area contributed by atoms with Gasteiger partial charge < -0.3 is 15.7 Å². The monoisotopic (exact) mass is 258 g/mol. The average molecular weight is 258 g/mol. The maximum Gasteiger partial charge on any atom is 0.0784 e. The van der Waals surface area contributed by atoms with E-state index in [0.29, 0.717) is 10.9 Å². The molecule has 0 radical (unpaired) electrons.